The van der Waals surface area contributed by atoms with E-state index in [1.165, 1.54) is 18.4 Å². The number of aliphatic hydroxyl groups is 1. The molecule has 0 saturated carbocycles. The highest BCUT2D eigenvalue weighted by Gasteiger charge is 2.10. The molecule has 0 amide bonds. The van der Waals surface area contributed by atoms with Gasteiger partial charge in [-0.3, -0.25) is 0 Å². The summed E-state index contributed by atoms with van der Waals surface area (Å²) in [5.74, 6) is 1.05. The fourth-order valence-electron chi connectivity index (χ4n) is 1.87. The predicted molar refractivity (Wildman–Crippen MR) is 72.7 cm³/mol. The minimum absolute atomic E-state index is 0.250. The highest BCUT2D eigenvalue weighted by Crippen LogP contribution is 2.24. The molecule has 1 rings (SSSR count). The third-order valence-electron chi connectivity index (χ3n) is 2.90. The zero-order valence-corrected chi connectivity index (χ0v) is 11.7. The Morgan fingerprint density at radius 3 is 2.25 bits per heavy atom. The molecule has 0 aliphatic heterocycles. The first-order valence-corrected chi connectivity index (χ1v) is 6.79. The molecule has 0 fully saturated rings. The summed E-state index contributed by atoms with van der Waals surface area (Å²) in [6.45, 7) is 4.74. The third kappa shape index (κ3) is 4.67. The van der Waals surface area contributed by atoms with E-state index in [1.807, 2.05) is 12.1 Å². The Kier molecular flexibility index (Phi) is 6.07. The molecule has 1 aromatic carbocycles. The van der Waals surface area contributed by atoms with Gasteiger partial charge < -0.3 is 5.11 Å². The van der Waals surface area contributed by atoms with Gasteiger partial charge >= 0.3 is 0 Å². The fourth-order valence-corrected chi connectivity index (χ4v) is 2.14. The maximum atomic E-state index is 9.40. The van der Waals surface area contributed by atoms with Crippen molar-refractivity contribution >= 4 is 15.9 Å². The van der Waals surface area contributed by atoms with E-state index in [-0.39, 0.29) is 6.61 Å². The first kappa shape index (κ1) is 13.7. The molecule has 0 aliphatic rings. The van der Waals surface area contributed by atoms with Crippen LogP contribution < -0.4 is 0 Å². The standard InChI is InChI=1S/C14H21BrO/c1-11(2)4-3-5-13(10-16)12-6-8-14(15)9-7-12/h6-9,11,13,16H,3-5,10H2,1-2H3. The first-order chi connectivity index (χ1) is 7.63. The van der Waals surface area contributed by atoms with Crippen LogP contribution in [0.2, 0.25) is 0 Å². The van der Waals surface area contributed by atoms with Crippen molar-refractivity contribution in [2.45, 2.75) is 39.0 Å². The van der Waals surface area contributed by atoms with Crippen LogP contribution in [-0.4, -0.2) is 11.7 Å². The van der Waals surface area contributed by atoms with Crippen molar-refractivity contribution < 1.29 is 5.11 Å². The third-order valence-corrected chi connectivity index (χ3v) is 3.42. The highest BCUT2D eigenvalue weighted by molar-refractivity contribution is 9.10. The molecule has 2 heteroatoms. The number of rotatable bonds is 6. The maximum absolute atomic E-state index is 9.40. The zero-order chi connectivity index (χ0) is 12.0. The van der Waals surface area contributed by atoms with E-state index in [4.69, 9.17) is 0 Å². The van der Waals surface area contributed by atoms with E-state index in [9.17, 15) is 5.11 Å². The van der Waals surface area contributed by atoms with Crippen LogP contribution in [0.5, 0.6) is 0 Å². The quantitative estimate of drug-likeness (QED) is 0.823. The van der Waals surface area contributed by atoms with Gasteiger partial charge in [0.2, 0.25) is 0 Å². The molecule has 1 N–H and O–H groups in total. The number of benzene rings is 1. The highest BCUT2D eigenvalue weighted by atomic mass is 79.9. The summed E-state index contributed by atoms with van der Waals surface area (Å²) >= 11 is 3.43. The van der Waals surface area contributed by atoms with Crippen molar-refractivity contribution in [1.82, 2.24) is 0 Å². The van der Waals surface area contributed by atoms with Crippen LogP contribution in [0.1, 0.15) is 44.6 Å². The Morgan fingerprint density at radius 2 is 1.75 bits per heavy atom. The van der Waals surface area contributed by atoms with Crippen LogP contribution in [0, 0.1) is 5.92 Å². The van der Waals surface area contributed by atoms with Gasteiger partial charge in [0.1, 0.15) is 0 Å². The molecule has 16 heavy (non-hydrogen) atoms. The smallest absolute Gasteiger partial charge is 0.0499 e. The van der Waals surface area contributed by atoms with Gasteiger partial charge in [-0.1, -0.05) is 54.8 Å². The van der Waals surface area contributed by atoms with Crippen molar-refractivity contribution in [3.05, 3.63) is 34.3 Å². The largest absolute Gasteiger partial charge is 0.396 e. The molecule has 90 valence electrons. The lowest BCUT2D eigenvalue weighted by Gasteiger charge is -2.15. The van der Waals surface area contributed by atoms with Gasteiger partial charge in [-0.15, -0.1) is 0 Å². The molecule has 1 nitrogen and oxygen atoms in total. The minimum atomic E-state index is 0.250. The van der Waals surface area contributed by atoms with Gasteiger partial charge in [0.05, 0.1) is 0 Å². The van der Waals surface area contributed by atoms with Crippen molar-refractivity contribution in [2.75, 3.05) is 6.61 Å². The van der Waals surface area contributed by atoms with E-state index in [0.717, 1.165) is 16.8 Å². The average molecular weight is 285 g/mol. The van der Waals surface area contributed by atoms with Gasteiger partial charge in [-0.05, 0) is 30.0 Å². The van der Waals surface area contributed by atoms with Crippen LogP contribution >= 0.6 is 15.9 Å². The van der Waals surface area contributed by atoms with Crippen LogP contribution in [0.4, 0.5) is 0 Å². The lowest BCUT2D eigenvalue weighted by atomic mass is 9.93. The lowest BCUT2D eigenvalue weighted by molar-refractivity contribution is 0.255. The molecule has 1 unspecified atom stereocenters. The molecule has 0 bridgehead atoms. The van der Waals surface area contributed by atoms with Crippen LogP contribution in [0.25, 0.3) is 0 Å². The number of aliphatic hydroxyl groups excluding tert-OH is 1. The molecule has 0 aliphatic carbocycles. The normalized spacial score (nSPS) is 13.1. The number of hydrogen-bond donors (Lipinski definition) is 1. The Hall–Kier alpha value is -0.340. The zero-order valence-electron chi connectivity index (χ0n) is 10.1. The van der Waals surface area contributed by atoms with Crippen LogP contribution in [-0.2, 0) is 0 Å². The van der Waals surface area contributed by atoms with Crippen molar-refractivity contribution in [3.8, 4) is 0 Å². The van der Waals surface area contributed by atoms with E-state index in [0.29, 0.717) is 5.92 Å². The maximum Gasteiger partial charge on any atom is 0.0499 e. The molecule has 1 atom stereocenters. The summed E-state index contributed by atoms with van der Waals surface area (Å²) in [6.07, 6.45) is 3.52. The first-order valence-electron chi connectivity index (χ1n) is 5.99. The molecule has 0 heterocycles. The van der Waals surface area contributed by atoms with Crippen molar-refractivity contribution in [2.24, 2.45) is 5.92 Å². The number of halogens is 1. The molecule has 0 radical (unpaired) electrons. The molecule has 0 aromatic heterocycles. The Balaban J connectivity index is 2.50. The second-order valence-corrected chi connectivity index (χ2v) is 5.67. The minimum Gasteiger partial charge on any atom is -0.396 e. The van der Waals surface area contributed by atoms with E-state index < -0.39 is 0 Å². The van der Waals surface area contributed by atoms with Gasteiger partial charge in [0, 0.05) is 17.0 Å². The van der Waals surface area contributed by atoms with Gasteiger partial charge in [-0.25, -0.2) is 0 Å². The van der Waals surface area contributed by atoms with Crippen LogP contribution in [0.15, 0.2) is 28.7 Å². The Labute approximate surface area is 107 Å². The molecule has 0 spiro atoms. The molecular weight excluding hydrogens is 264 g/mol. The van der Waals surface area contributed by atoms with Crippen LogP contribution in [0.3, 0.4) is 0 Å². The van der Waals surface area contributed by atoms with Gasteiger partial charge in [-0.2, -0.15) is 0 Å². The Bertz CT molecular complexity index is 292. The van der Waals surface area contributed by atoms with E-state index in [1.54, 1.807) is 0 Å². The number of hydrogen-bond acceptors (Lipinski definition) is 1. The predicted octanol–water partition coefficient (Wildman–Crippen LogP) is 4.35. The Morgan fingerprint density at radius 1 is 1.12 bits per heavy atom. The molecular formula is C14H21BrO. The summed E-state index contributed by atoms with van der Waals surface area (Å²) in [5, 5.41) is 9.40. The summed E-state index contributed by atoms with van der Waals surface area (Å²) in [5.41, 5.74) is 1.24. The monoisotopic (exact) mass is 284 g/mol. The summed E-state index contributed by atoms with van der Waals surface area (Å²) in [6, 6.07) is 8.28. The van der Waals surface area contributed by atoms with E-state index >= 15 is 0 Å². The lowest BCUT2D eigenvalue weighted by Crippen LogP contribution is -2.04. The topological polar surface area (TPSA) is 20.2 Å². The van der Waals surface area contributed by atoms with Crippen molar-refractivity contribution in [3.63, 3.8) is 0 Å². The molecule has 0 saturated heterocycles. The second kappa shape index (κ2) is 7.08. The summed E-state index contributed by atoms with van der Waals surface area (Å²) in [7, 11) is 0. The second-order valence-electron chi connectivity index (χ2n) is 4.76. The van der Waals surface area contributed by atoms with Gasteiger partial charge in [0.15, 0.2) is 0 Å². The van der Waals surface area contributed by atoms with E-state index in [2.05, 4.69) is 41.9 Å². The summed E-state index contributed by atoms with van der Waals surface area (Å²) < 4.78 is 1.09. The van der Waals surface area contributed by atoms with Crippen molar-refractivity contribution in [1.29, 1.82) is 0 Å². The molecule has 1 aromatic rings. The fraction of sp³-hybridized carbons (Fsp3) is 0.571. The SMILES string of the molecule is CC(C)CCCC(CO)c1ccc(Br)cc1. The average Bonchev–Trinajstić information content (AvgIpc) is 2.26. The summed E-state index contributed by atoms with van der Waals surface area (Å²) in [4.78, 5) is 0. The van der Waals surface area contributed by atoms with Gasteiger partial charge in [0.25, 0.3) is 0 Å².